The molecule has 7 aromatic carbocycles. The summed E-state index contributed by atoms with van der Waals surface area (Å²) in [6.07, 6.45) is 4.01. The van der Waals surface area contributed by atoms with Crippen LogP contribution in [0.25, 0.3) is 78.2 Å². The lowest BCUT2D eigenvalue weighted by molar-refractivity contribution is 0.660. The van der Waals surface area contributed by atoms with Gasteiger partial charge in [0.15, 0.2) is 0 Å². The van der Waals surface area contributed by atoms with Gasteiger partial charge in [-0.2, -0.15) is 0 Å². The molecule has 45 heavy (non-hydrogen) atoms. The number of rotatable bonds is 5. The summed E-state index contributed by atoms with van der Waals surface area (Å²) in [5.74, 6) is 0. The summed E-state index contributed by atoms with van der Waals surface area (Å²) in [7, 11) is 0. The second kappa shape index (κ2) is 10.3. The predicted molar refractivity (Wildman–Crippen MR) is 196 cm³/mol. The standard InChI is InChI=1S/C45H34/c1-5-35-36(6-2)44(34-23-22-29-14-7-8-15-30(29)26-34)40-20-10-9-19-39(40)43(35)33-17-13-16-31(27-33)32-24-25-38-37-18-11-12-21-41(37)45(3,4)42(38)28-32/h5-28H,1-2H2,3-4H3. The first kappa shape index (κ1) is 27.1. The molecule has 0 atom stereocenters. The highest BCUT2D eigenvalue weighted by Crippen LogP contribution is 2.50. The van der Waals surface area contributed by atoms with Crippen LogP contribution in [0.1, 0.15) is 36.1 Å². The first-order chi connectivity index (χ1) is 22.0. The van der Waals surface area contributed by atoms with E-state index in [4.69, 9.17) is 0 Å². The molecule has 0 aromatic heterocycles. The van der Waals surface area contributed by atoms with E-state index in [-0.39, 0.29) is 5.41 Å². The Morgan fingerprint density at radius 1 is 0.444 bits per heavy atom. The molecule has 0 amide bonds. The average molecular weight is 575 g/mol. The van der Waals surface area contributed by atoms with Crippen molar-refractivity contribution in [3.05, 3.63) is 169 Å². The van der Waals surface area contributed by atoms with Crippen LogP contribution < -0.4 is 0 Å². The van der Waals surface area contributed by atoms with Crippen molar-refractivity contribution in [2.45, 2.75) is 19.3 Å². The van der Waals surface area contributed by atoms with Gasteiger partial charge < -0.3 is 0 Å². The van der Waals surface area contributed by atoms with E-state index < -0.39 is 0 Å². The van der Waals surface area contributed by atoms with Gasteiger partial charge in [-0.05, 0) is 107 Å². The average Bonchev–Trinajstić information content (AvgIpc) is 3.32. The van der Waals surface area contributed by atoms with Crippen molar-refractivity contribution >= 4 is 33.7 Å². The van der Waals surface area contributed by atoms with Gasteiger partial charge in [-0.3, -0.25) is 0 Å². The van der Waals surface area contributed by atoms with Crippen LogP contribution in [0.3, 0.4) is 0 Å². The van der Waals surface area contributed by atoms with E-state index in [0.717, 1.165) is 11.1 Å². The minimum atomic E-state index is -0.0385. The predicted octanol–water partition coefficient (Wildman–Crippen LogP) is 12.6. The van der Waals surface area contributed by atoms with Crippen molar-refractivity contribution in [2.75, 3.05) is 0 Å². The van der Waals surface area contributed by atoms with Crippen molar-refractivity contribution < 1.29 is 0 Å². The minimum Gasteiger partial charge on any atom is -0.0984 e. The van der Waals surface area contributed by atoms with Crippen LogP contribution in [0.5, 0.6) is 0 Å². The number of hydrogen-bond acceptors (Lipinski definition) is 0. The maximum Gasteiger partial charge on any atom is 0.0159 e. The second-order valence-corrected chi connectivity index (χ2v) is 12.6. The molecule has 0 saturated carbocycles. The van der Waals surface area contributed by atoms with E-state index in [0.29, 0.717) is 0 Å². The molecule has 7 aromatic rings. The van der Waals surface area contributed by atoms with Crippen LogP contribution >= 0.6 is 0 Å². The Morgan fingerprint density at radius 2 is 1.00 bits per heavy atom. The maximum absolute atomic E-state index is 4.33. The summed E-state index contributed by atoms with van der Waals surface area (Å²) < 4.78 is 0. The van der Waals surface area contributed by atoms with Crippen LogP contribution in [-0.4, -0.2) is 0 Å². The molecule has 0 unspecified atom stereocenters. The zero-order chi connectivity index (χ0) is 30.7. The van der Waals surface area contributed by atoms with E-state index in [1.165, 1.54) is 77.2 Å². The van der Waals surface area contributed by atoms with Crippen molar-refractivity contribution in [3.63, 3.8) is 0 Å². The van der Waals surface area contributed by atoms with Gasteiger partial charge in [0.25, 0.3) is 0 Å². The highest BCUT2D eigenvalue weighted by Gasteiger charge is 2.35. The van der Waals surface area contributed by atoms with E-state index in [1.807, 2.05) is 12.2 Å². The summed E-state index contributed by atoms with van der Waals surface area (Å²) in [5.41, 5.74) is 14.8. The molecule has 0 radical (unpaired) electrons. The Morgan fingerprint density at radius 3 is 1.73 bits per heavy atom. The highest BCUT2D eigenvalue weighted by atomic mass is 14.4. The Bertz CT molecular complexity index is 2330. The SMILES string of the molecule is C=Cc1c(C=C)c(-c2ccc3ccccc3c2)c2ccccc2c1-c1cccc(-c2ccc3c(c2)C(C)(C)c2ccccc2-3)c1. The molecule has 8 rings (SSSR count). The third-order valence-electron chi connectivity index (χ3n) is 9.81. The van der Waals surface area contributed by atoms with Crippen LogP contribution in [0.4, 0.5) is 0 Å². The molecule has 0 saturated heterocycles. The van der Waals surface area contributed by atoms with E-state index in [9.17, 15) is 0 Å². The topological polar surface area (TPSA) is 0 Å². The zero-order valence-electron chi connectivity index (χ0n) is 25.8. The molecule has 0 nitrogen and oxygen atoms in total. The highest BCUT2D eigenvalue weighted by molar-refractivity contribution is 6.12. The fourth-order valence-corrected chi connectivity index (χ4v) is 7.61. The van der Waals surface area contributed by atoms with Crippen molar-refractivity contribution in [1.82, 2.24) is 0 Å². The third kappa shape index (κ3) is 4.14. The van der Waals surface area contributed by atoms with Gasteiger partial charge in [-0.1, -0.05) is 154 Å². The van der Waals surface area contributed by atoms with Gasteiger partial charge in [-0.15, -0.1) is 0 Å². The maximum atomic E-state index is 4.33. The monoisotopic (exact) mass is 574 g/mol. The first-order valence-electron chi connectivity index (χ1n) is 15.7. The van der Waals surface area contributed by atoms with E-state index in [2.05, 4.69) is 160 Å². The van der Waals surface area contributed by atoms with Crippen LogP contribution in [-0.2, 0) is 5.41 Å². The van der Waals surface area contributed by atoms with Crippen molar-refractivity contribution in [2.24, 2.45) is 0 Å². The molecule has 0 heterocycles. The largest absolute Gasteiger partial charge is 0.0984 e. The molecule has 0 spiro atoms. The van der Waals surface area contributed by atoms with Gasteiger partial charge in [0.05, 0.1) is 0 Å². The molecule has 1 aliphatic rings. The summed E-state index contributed by atoms with van der Waals surface area (Å²) in [6.45, 7) is 13.3. The van der Waals surface area contributed by atoms with E-state index in [1.54, 1.807) is 0 Å². The van der Waals surface area contributed by atoms with Crippen molar-refractivity contribution in [1.29, 1.82) is 0 Å². The normalized spacial score (nSPS) is 13.0. The zero-order valence-corrected chi connectivity index (χ0v) is 25.8. The lowest BCUT2D eigenvalue weighted by Crippen LogP contribution is -2.14. The molecular formula is C45H34. The molecule has 0 N–H and O–H groups in total. The summed E-state index contributed by atoms with van der Waals surface area (Å²) in [6, 6.07) is 48.9. The number of benzene rings is 7. The Balaban J connectivity index is 1.33. The van der Waals surface area contributed by atoms with Crippen LogP contribution in [0.2, 0.25) is 0 Å². The fourth-order valence-electron chi connectivity index (χ4n) is 7.61. The summed E-state index contributed by atoms with van der Waals surface area (Å²) in [5, 5.41) is 4.89. The Hall–Kier alpha value is -5.46. The molecule has 0 bridgehead atoms. The second-order valence-electron chi connectivity index (χ2n) is 12.6. The Labute approximate surface area is 265 Å². The quantitative estimate of drug-likeness (QED) is 0.192. The smallest absolute Gasteiger partial charge is 0.0159 e. The molecule has 0 fully saturated rings. The van der Waals surface area contributed by atoms with Gasteiger partial charge in [0.1, 0.15) is 0 Å². The van der Waals surface area contributed by atoms with Gasteiger partial charge in [0, 0.05) is 5.41 Å². The van der Waals surface area contributed by atoms with Crippen LogP contribution in [0, 0.1) is 0 Å². The number of fused-ring (bicyclic) bond motifs is 5. The number of hydrogen-bond donors (Lipinski definition) is 0. The third-order valence-corrected chi connectivity index (χ3v) is 9.81. The Kier molecular flexibility index (Phi) is 6.22. The van der Waals surface area contributed by atoms with Gasteiger partial charge in [-0.25, -0.2) is 0 Å². The van der Waals surface area contributed by atoms with Crippen molar-refractivity contribution in [3.8, 4) is 44.5 Å². The van der Waals surface area contributed by atoms with E-state index >= 15 is 0 Å². The molecule has 0 aliphatic heterocycles. The minimum absolute atomic E-state index is 0.0385. The fraction of sp³-hybridized carbons (Fsp3) is 0.0667. The lowest BCUT2D eigenvalue weighted by atomic mass is 9.81. The first-order valence-corrected chi connectivity index (χ1v) is 15.7. The molecule has 1 aliphatic carbocycles. The lowest BCUT2D eigenvalue weighted by Gasteiger charge is -2.22. The summed E-state index contributed by atoms with van der Waals surface area (Å²) in [4.78, 5) is 0. The summed E-state index contributed by atoms with van der Waals surface area (Å²) >= 11 is 0. The molecule has 214 valence electrons. The van der Waals surface area contributed by atoms with Gasteiger partial charge in [0.2, 0.25) is 0 Å². The molecule has 0 heteroatoms. The van der Waals surface area contributed by atoms with Crippen LogP contribution in [0.15, 0.2) is 147 Å². The molecular weight excluding hydrogens is 540 g/mol. The van der Waals surface area contributed by atoms with Gasteiger partial charge >= 0.3 is 0 Å².